The lowest BCUT2D eigenvalue weighted by molar-refractivity contribution is -0.383. The second-order valence-electron chi connectivity index (χ2n) is 9.86. The number of hydrogen-bond donors (Lipinski definition) is 1. The second-order valence-corrected chi connectivity index (χ2v) is 9.86. The van der Waals surface area contributed by atoms with Gasteiger partial charge in [-0.2, -0.15) is 0 Å². The summed E-state index contributed by atoms with van der Waals surface area (Å²) in [4.78, 5) is 40.3. The number of nitrogens with zero attached hydrogens (tertiary/aromatic N) is 3. The van der Waals surface area contributed by atoms with Gasteiger partial charge in [-0.3, -0.25) is 19.7 Å². The maximum absolute atomic E-state index is 12.9. The van der Waals surface area contributed by atoms with E-state index >= 15 is 0 Å². The van der Waals surface area contributed by atoms with Gasteiger partial charge >= 0.3 is 0 Å². The molecule has 2 aliphatic rings. The summed E-state index contributed by atoms with van der Waals surface area (Å²) in [6, 6.07) is 4.58. The Kier molecular flexibility index (Phi) is 6.17. The van der Waals surface area contributed by atoms with Gasteiger partial charge < -0.3 is 10.2 Å². The van der Waals surface area contributed by atoms with E-state index in [1.165, 1.54) is 11.0 Å². The van der Waals surface area contributed by atoms with Crippen LogP contribution in [0.15, 0.2) is 18.2 Å². The first-order valence-electron chi connectivity index (χ1n) is 10.5. The van der Waals surface area contributed by atoms with Crippen molar-refractivity contribution in [3.05, 3.63) is 28.3 Å². The molecule has 0 radical (unpaired) electrons. The molecule has 1 aliphatic carbocycles. The maximum atomic E-state index is 12.9. The molecule has 0 bridgehead atoms. The van der Waals surface area contributed by atoms with Gasteiger partial charge in [0.05, 0.1) is 22.4 Å². The Morgan fingerprint density at radius 3 is 2.50 bits per heavy atom. The number of amides is 2. The first-order valence-corrected chi connectivity index (χ1v) is 10.5. The fraction of sp³-hybridized carbons (Fsp3) is 0.636. The van der Waals surface area contributed by atoms with Crippen LogP contribution in [0.4, 0.5) is 17.1 Å². The molecule has 2 amide bonds. The average Bonchev–Trinajstić information content (AvgIpc) is 2.89. The van der Waals surface area contributed by atoms with Gasteiger partial charge in [-0.1, -0.05) is 20.8 Å². The van der Waals surface area contributed by atoms with Crippen molar-refractivity contribution in [3.8, 4) is 0 Å². The van der Waals surface area contributed by atoms with Crippen LogP contribution in [0.2, 0.25) is 0 Å². The van der Waals surface area contributed by atoms with Gasteiger partial charge in [0.15, 0.2) is 0 Å². The Hall–Kier alpha value is -2.48. The summed E-state index contributed by atoms with van der Waals surface area (Å²) in [7, 11) is 3.98. The molecule has 1 saturated heterocycles. The van der Waals surface area contributed by atoms with Crippen molar-refractivity contribution in [2.24, 2.45) is 23.2 Å². The Morgan fingerprint density at radius 1 is 1.20 bits per heavy atom. The van der Waals surface area contributed by atoms with E-state index in [-0.39, 0.29) is 40.4 Å². The van der Waals surface area contributed by atoms with Crippen molar-refractivity contribution in [1.29, 1.82) is 0 Å². The number of nitrogens with one attached hydrogen (secondary N) is 1. The van der Waals surface area contributed by atoms with E-state index < -0.39 is 4.92 Å². The van der Waals surface area contributed by atoms with E-state index in [0.29, 0.717) is 31.0 Å². The number of rotatable bonds is 7. The fourth-order valence-corrected chi connectivity index (χ4v) is 4.85. The van der Waals surface area contributed by atoms with E-state index in [4.69, 9.17) is 0 Å². The average molecular weight is 417 g/mol. The molecule has 1 aromatic rings. The molecule has 1 aliphatic heterocycles. The molecule has 3 atom stereocenters. The molecule has 1 N–H and O–H groups in total. The van der Waals surface area contributed by atoms with Crippen molar-refractivity contribution in [1.82, 2.24) is 4.90 Å². The van der Waals surface area contributed by atoms with Crippen LogP contribution in [-0.2, 0) is 9.59 Å². The standard InChI is InChI=1S/C22H32N4O4/c1-14-6-8-16-17(10-14)21(28)25(20(16)27)15-7-9-18(19(11-15)26(29)30)23-12-22(2,3)13-24(4)5/h7,9,11,14,16-17,23H,6,8,10,12-13H2,1-5H3/t14-,16+,17-/m1/s1. The van der Waals surface area contributed by atoms with Crippen molar-refractivity contribution in [3.63, 3.8) is 0 Å². The molecule has 3 rings (SSSR count). The zero-order valence-corrected chi connectivity index (χ0v) is 18.5. The maximum Gasteiger partial charge on any atom is 0.294 e. The zero-order valence-electron chi connectivity index (χ0n) is 18.5. The number of hydrogen-bond acceptors (Lipinski definition) is 6. The van der Waals surface area contributed by atoms with E-state index in [9.17, 15) is 19.7 Å². The lowest BCUT2D eigenvalue weighted by Crippen LogP contribution is -2.34. The topological polar surface area (TPSA) is 95.8 Å². The van der Waals surface area contributed by atoms with Crippen molar-refractivity contribution < 1.29 is 14.5 Å². The number of benzene rings is 1. The molecule has 0 unspecified atom stereocenters. The van der Waals surface area contributed by atoms with Gasteiger partial charge in [0, 0.05) is 19.2 Å². The molecule has 0 aromatic heterocycles. The van der Waals surface area contributed by atoms with Crippen LogP contribution in [0.5, 0.6) is 0 Å². The van der Waals surface area contributed by atoms with Crippen LogP contribution in [0, 0.1) is 33.3 Å². The number of anilines is 2. The first-order chi connectivity index (χ1) is 14.0. The highest BCUT2D eigenvalue weighted by Crippen LogP contribution is 2.43. The minimum Gasteiger partial charge on any atom is -0.379 e. The third-order valence-corrected chi connectivity index (χ3v) is 6.13. The molecular formula is C22H32N4O4. The van der Waals surface area contributed by atoms with Gasteiger partial charge in [-0.25, -0.2) is 4.90 Å². The summed E-state index contributed by atoms with van der Waals surface area (Å²) < 4.78 is 0. The molecule has 30 heavy (non-hydrogen) atoms. The molecular weight excluding hydrogens is 384 g/mol. The van der Waals surface area contributed by atoms with Gasteiger partial charge in [0.2, 0.25) is 11.8 Å². The molecule has 8 nitrogen and oxygen atoms in total. The van der Waals surface area contributed by atoms with Crippen molar-refractivity contribution >= 4 is 28.9 Å². The van der Waals surface area contributed by atoms with Crippen molar-refractivity contribution in [2.45, 2.75) is 40.0 Å². The van der Waals surface area contributed by atoms with E-state index in [2.05, 4.69) is 31.0 Å². The first kappa shape index (κ1) is 22.2. The summed E-state index contributed by atoms with van der Waals surface area (Å²) >= 11 is 0. The number of carbonyl (C=O) groups is 2. The van der Waals surface area contributed by atoms with Crippen LogP contribution in [0.3, 0.4) is 0 Å². The highest BCUT2D eigenvalue weighted by atomic mass is 16.6. The second kappa shape index (κ2) is 8.34. The predicted octanol–water partition coefficient (Wildman–Crippen LogP) is 3.52. The lowest BCUT2D eigenvalue weighted by atomic mass is 9.76. The minimum atomic E-state index is -0.467. The molecule has 8 heteroatoms. The summed E-state index contributed by atoms with van der Waals surface area (Å²) in [6.45, 7) is 7.65. The van der Waals surface area contributed by atoms with Gasteiger partial charge in [0.25, 0.3) is 5.69 Å². The number of nitro groups is 1. The van der Waals surface area contributed by atoms with Crippen LogP contribution in [-0.4, -0.2) is 48.8 Å². The van der Waals surface area contributed by atoms with Crippen LogP contribution in [0.1, 0.15) is 40.0 Å². The van der Waals surface area contributed by atoms with Gasteiger partial charge in [0.1, 0.15) is 5.69 Å². The predicted molar refractivity (Wildman–Crippen MR) is 116 cm³/mol. The highest BCUT2D eigenvalue weighted by Gasteiger charge is 2.50. The quantitative estimate of drug-likeness (QED) is 0.415. The van der Waals surface area contributed by atoms with E-state index in [1.54, 1.807) is 12.1 Å². The zero-order chi connectivity index (χ0) is 22.2. The van der Waals surface area contributed by atoms with Gasteiger partial charge in [-0.05, 0) is 56.8 Å². The normalized spacial score (nSPS) is 24.3. The Labute approximate surface area is 177 Å². The number of imide groups is 1. The Balaban J connectivity index is 1.84. The summed E-state index contributed by atoms with van der Waals surface area (Å²) in [5, 5.41) is 14.9. The van der Waals surface area contributed by atoms with E-state index in [1.807, 2.05) is 14.1 Å². The monoisotopic (exact) mass is 416 g/mol. The molecule has 1 heterocycles. The molecule has 1 saturated carbocycles. The van der Waals surface area contributed by atoms with Gasteiger partial charge in [-0.15, -0.1) is 0 Å². The summed E-state index contributed by atoms with van der Waals surface area (Å²) in [5.74, 6) is -0.630. The molecule has 164 valence electrons. The Bertz CT molecular complexity index is 852. The third-order valence-electron chi connectivity index (χ3n) is 6.13. The summed E-state index contributed by atoms with van der Waals surface area (Å²) in [5.41, 5.74) is 0.457. The van der Waals surface area contributed by atoms with Crippen molar-refractivity contribution in [2.75, 3.05) is 37.4 Å². The van der Waals surface area contributed by atoms with Crippen LogP contribution in [0.25, 0.3) is 0 Å². The number of fused-ring (bicyclic) bond motifs is 1. The molecule has 0 spiro atoms. The lowest BCUT2D eigenvalue weighted by Gasteiger charge is -2.28. The minimum absolute atomic E-state index is 0.0939. The number of nitro benzene ring substituents is 1. The van der Waals surface area contributed by atoms with Crippen LogP contribution < -0.4 is 10.2 Å². The third kappa shape index (κ3) is 4.48. The Morgan fingerprint density at radius 2 is 1.87 bits per heavy atom. The smallest absolute Gasteiger partial charge is 0.294 e. The largest absolute Gasteiger partial charge is 0.379 e. The SMILES string of the molecule is C[C@@H]1CC[C@@H]2C(=O)N(c3ccc(NCC(C)(C)CN(C)C)c([N+](=O)[O-])c3)C(=O)[C@@H]2C1. The molecule has 1 aromatic carbocycles. The summed E-state index contributed by atoms with van der Waals surface area (Å²) in [6.07, 6.45) is 2.34. The fourth-order valence-electron chi connectivity index (χ4n) is 4.85. The van der Waals surface area contributed by atoms with Crippen LogP contribution >= 0.6 is 0 Å². The molecule has 2 fully saturated rings. The number of carbonyl (C=O) groups excluding carboxylic acids is 2. The van der Waals surface area contributed by atoms with E-state index in [0.717, 1.165) is 13.0 Å². The highest BCUT2D eigenvalue weighted by molar-refractivity contribution is 6.22.